The van der Waals surface area contributed by atoms with E-state index < -0.39 is 6.16 Å². The van der Waals surface area contributed by atoms with Crippen LogP contribution in [-0.4, -0.2) is 62.0 Å². The first kappa shape index (κ1) is 19.5. The topological polar surface area (TPSA) is 127 Å². The Morgan fingerprint density at radius 2 is 1.52 bits per heavy atom. The van der Waals surface area contributed by atoms with Gasteiger partial charge in [-0.2, -0.15) is 0 Å². The Bertz CT molecular complexity index is 1140. The smallest absolute Gasteiger partial charge is 0.460 e. The van der Waals surface area contributed by atoms with Gasteiger partial charge in [0.2, 0.25) is 11.5 Å². The maximum absolute atomic E-state index is 12.0. The summed E-state index contributed by atoms with van der Waals surface area (Å²) in [7, 11) is 0. The SMILES string of the molecule is O=C(OCC1CO1)Oc1cccc2c1[n+](O)c1cccc(OCOCC3CO3)c1[n+]2O. The van der Waals surface area contributed by atoms with E-state index >= 15 is 0 Å². The Labute approximate surface area is 175 Å². The van der Waals surface area contributed by atoms with Crippen LogP contribution in [0.15, 0.2) is 36.4 Å². The lowest BCUT2D eigenvalue weighted by atomic mass is 10.2. The zero-order chi connectivity index (χ0) is 21.4. The highest BCUT2D eigenvalue weighted by Gasteiger charge is 2.35. The molecular formula is C20H20N2O9+2. The Balaban J connectivity index is 1.47. The number of nitrogens with zero attached hydrogens (tertiary/aromatic N) is 2. The molecule has 0 radical (unpaired) electrons. The molecule has 3 aromatic rings. The zero-order valence-corrected chi connectivity index (χ0v) is 16.3. The van der Waals surface area contributed by atoms with Crippen molar-refractivity contribution in [3.8, 4) is 11.5 Å². The molecule has 1 aromatic heterocycles. The van der Waals surface area contributed by atoms with Crippen molar-refractivity contribution >= 4 is 28.2 Å². The van der Waals surface area contributed by atoms with Crippen molar-refractivity contribution in [3.05, 3.63) is 36.4 Å². The minimum atomic E-state index is -0.943. The van der Waals surface area contributed by atoms with Gasteiger partial charge in [0.25, 0.3) is 0 Å². The quantitative estimate of drug-likeness (QED) is 0.0773. The summed E-state index contributed by atoms with van der Waals surface area (Å²) in [5, 5.41) is 21.7. The van der Waals surface area contributed by atoms with Gasteiger partial charge in [0, 0.05) is 21.6 Å². The van der Waals surface area contributed by atoms with E-state index in [9.17, 15) is 15.2 Å². The Hall–Kier alpha value is -3.41. The summed E-state index contributed by atoms with van der Waals surface area (Å²) in [6.07, 6.45) is -0.948. The standard InChI is InChI=1S/C20H20N2O9/c23-20(29-10-13-9-28-13)31-17-6-2-4-15-19(17)22(25)14-3-1-5-16(18(14)21(15)24)30-11-26-7-12-8-27-12/h1-6,12-13,24-25H,7-11H2/q+2. The molecule has 3 heterocycles. The molecule has 0 saturated carbocycles. The summed E-state index contributed by atoms with van der Waals surface area (Å²) < 4.78 is 33.0. The second-order valence-corrected chi connectivity index (χ2v) is 7.08. The van der Waals surface area contributed by atoms with Crippen molar-refractivity contribution in [2.75, 3.05) is 33.2 Å². The van der Waals surface area contributed by atoms with Crippen LogP contribution in [0.25, 0.3) is 22.1 Å². The van der Waals surface area contributed by atoms with Gasteiger partial charge in [-0.15, -0.1) is 0 Å². The van der Waals surface area contributed by atoms with E-state index in [0.717, 1.165) is 9.46 Å². The molecular weight excluding hydrogens is 412 g/mol. The van der Waals surface area contributed by atoms with Crippen LogP contribution in [0.5, 0.6) is 11.5 Å². The third-order valence-electron chi connectivity index (χ3n) is 4.82. The molecule has 2 saturated heterocycles. The molecule has 2 aliphatic heterocycles. The number of epoxide rings is 2. The van der Waals surface area contributed by atoms with Crippen LogP contribution in [-0.2, 0) is 18.9 Å². The van der Waals surface area contributed by atoms with Gasteiger partial charge in [-0.1, -0.05) is 12.1 Å². The fourth-order valence-corrected chi connectivity index (χ4v) is 3.12. The van der Waals surface area contributed by atoms with Crippen molar-refractivity contribution in [1.29, 1.82) is 0 Å². The summed E-state index contributed by atoms with van der Waals surface area (Å²) >= 11 is 0. The van der Waals surface area contributed by atoms with Gasteiger partial charge in [0.1, 0.15) is 18.8 Å². The molecule has 2 N–H and O–H groups in total. The van der Waals surface area contributed by atoms with Crippen LogP contribution >= 0.6 is 0 Å². The van der Waals surface area contributed by atoms with Crippen LogP contribution in [0.4, 0.5) is 4.79 Å². The van der Waals surface area contributed by atoms with Crippen molar-refractivity contribution in [2.24, 2.45) is 0 Å². The number of benzene rings is 2. The molecule has 0 aliphatic carbocycles. The van der Waals surface area contributed by atoms with Crippen LogP contribution < -0.4 is 18.9 Å². The third-order valence-corrected chi connectivity index (χ3v) is 4.82. The molecule has 2 atom stereocenters. The van der Waals surface area contributed by atoms with Crippen molar-refractivity contribution in [3.63, 3.8) is 0 Å². The predicted octanol–water partition coefficient (Wildman–Crippen LogP) is 0.708. The lowest BCUT2D eigenvalue weighted by Gasteiger charge is -2.07. The zero-order valence-electron chi connectivity index (χ0n) is 16.3. The number of ether oxygens (including phenoxy) is 6. The first-order valence-corrected chi connectivity index (χ1v) is 9.64. The molecule has 0 spiro atoms. The largest absolute Gasteiger partial charge is 0.514 e. The van der Waals surface area contributed by atoms with E-state index in [1.807, 2.05) is 0 Å². The van der Waals surface area contributed by atoms with Crippen LogP contribution in [0.3, 0.4) is 0 Å². The van der Waals surface area contributed by atoms with Gasteiger partial charge in [0.15, 0.2) is 6.79 Å². The highest BCUT2D eigenvalue weighted by molar-refractivity contribution is 5.84. The van der Waals surface area contributed by atoms with E-state index in [1.54, 1.807) is 30.3 Å². The number of carbonyl (C=O) groups is 1. The third kappa shape index (κ3) is 4.10. The van der Waals surface area contributed by atoms with E-state index in [2.05, 4.69) is 0 Å². The average molecular weight is 432 g/mol. The molecule has 5 rings (SSSR count). The Morgan fingerprint density at radius 3 is 2.16 bits per heavy atom. The van der Waals surface area contributed by atoms with Crippen molar-refractivity contribution < 1.29 is 53.1 Å². The molecule has 162 valence electrons. The maximum atomic E-state index is 12.0. The van der Waals surface area contributed by atoms with Gasteiger partial charge >= 0.3 is 28.2 Å². The monoisotopic (exact) mass is 432 g/mol. The first-order valence-electron chi connectivity index (χ1n) is 9.64. The first-order chi connectivity index (χ1) is 15.1. The molecule has 0 bridgehead atoms. The molecule has 2 unspecified atom stereocenters. The second kappa shape index (κ2) is 8.02. The minimum Gasteiger partial charge on any atom is -0.460 e. The summed E-state index contributed by atoms with van der Waals surface area (Å²) in [5.74, 6) is 0.294. The number of rotatable bonds is 8. The second-order valence-electron chi connectivity index (χ2n) is 7.08. The lowest BCUT2D eigenvalue weighted by molar-refractivity contribution is -0.894. The number of carbonyl (C=O) groups excluding carboxylic acids is 1. The van der Waals surface area contributed by atoms with Gasteiger partial charge in [0.05, 0.1) is 19.8 Å². The number of hydrogen-bond donors (Lipinski definition) is 2. The molecule has 0 amide bonds. The van der Waals surface area contributed by atoms with Gasteiger partial charge in [-0.25, -0.2) is 4.79 Å². The molecule has 2 aromatic carbocycles. The number of aromatic nitrogens is 2. The maximum Gasteiger partial charge on any atom is 0.514 e. The van der Waals surface area contributed by atoms with E-state index in [-0.39, 0.29) is 59.2 Å². The molecule has 2 fully saturated rings. The van der Waals surface area contributed by atoms with E-state index in [4.69, 9.17) is 28.4 Å². The molecule has 11 heteroatoms. The Kier molecular flexibility index (Phi) is 5.06. The molecule has 11 nitrogen and oxygen atoms in total. The number of para-hydroxylation sites is 2. The van der Waals surface area contributed by atoms with Crippen LogP contribution in [0.2, 0.25) is 0 Å². The van der Waals surface area contributed by atoms with E-state index in [0.29, 0.717) is 19.8 Å². The van der Waals surface area contributed by atoms with Gasteiger partial charge in [-0.3, -0.25) is 10.4 Å². The van der Waals surface area contributed by atoms with Crippen LogP contribution in [0, 0.1) is 0 Å². The fraction of sp³-hybridized carbons (Fsp3) is 0.350. The van der Waals surface area contributed by atoms with E-state index in [1.165, 1.54) is 6.07 Å². The summed E-state index contributed by atoms with van der Waals surface area (Å²) in [4.78, 5) is 12.0. The van der Waals surface area contributed by atoms with Crippen molar-refractivity contribution in [1.82, 2.24) is 0 Å². The molecule has 31 heavy (non-hydrogen) atoms. The fourth-order valence-electron chi connectivity index (χ4n) is 3.12. The van der Waals surface area contributed by atoms with Gasteiger partial charge < -0.3 is 28.4 Å². The normalized spacial score (nSPS) is 19.4. The lowest BCUT2D eigenvalue weighted by Crippen LogP contribution is -2.43. The molecule has 2 aliphatic rings. The summed E-state index contributed by atoms with van der Waals surface area (Å²) in [6.45, 7) is 1.66. The van der Waals surface area contributed by atoms with Crippen LogP contribution in [0.1, 0.15) is 0 Å². The van der Waals surface area contributed by atoms with Gasteiger partial charge in [-0.05, 0) is 12.1 Å². The highest BCUT2D eigenvalue weighted by atomic mass is 16.7. The number of hydrogen-bond acceptors (Lipinski definition) is 9. The summed E-state index contributed by atoms with van der Waals surface area (Å²) in [5.41, 5.74) is 0.661. The predicted molar refractivity (Wildman–Crippen MR) is 99.1 cm³/mol. The average Bonchev–Trinajstić information content (AvgIpc) is 3.68. The number of fused-ring (bicyclic) bond motifs is 2. The van der Waals surface area contributed by atoms with Crippen molar-refractivity contribution in [2.45, 2.75) is 12.2 Å². The Morgan fingerprint density at radius 1 is 0.935 bits per heavy atom. The summed E-state index contributed by atoms with van der Waals surface area (Å²) in [6, 6.07) is 9.45. The highest BCUT2D eigenvalue weighted by Crippen LogP contribution is 2.26. The minimum absolute atomic E-state index is 0.00510.